The van der Waals surface area contributed by atoms with Crippen LogP contribution in [0, 0.1) is 6.92 Å². The van der Waals surface area contributed by atoms with Crippen LogP contribution in [0.3, 0.4) is 0 Å². The summed E-state index contributed by atoms with van der Waals surface area (Å²) < 4.78 is 8.12. The number of rotatable bonds is 8. The normalized spacial score (nSPS) is 12.1. The Balaban J connectivity index is 1.45. The average Bonchev–Trinajstić information content (AvgIpc) is 3.40. The molecule has 1 atom stereocenters. The molecule has 2 aromatic carbocycles. The molecular formula is C23H23ClN4OS2. The van der Waals surface area contributed by atoms with Gasteiger partial charge in [0.2, 0.25) is 0 Å². The van der Waals surface area contributed by atoms with Gasteiger partial charge in [0.15, 0.2) is 17.1 Å². The zero-order chi connectivity index (χ0) is 21.8. The minimum Gasteiger partial charge on any atom is -0.481 e. The number of thiazole rings is 1. The molecule has 0 saturated carbocycles. The first kappa shape index (κ1) is 21.9. The summed E-state index contributed by atoms with van der Waals surface area (Å²) in [7, 11) is 0. The molecule has 1 unspecified atom stereocenters. The maximum Gasteiger partial charge on any atom is 0.191 e. The summed E-state index contributed by atoms with van der Waals surface area (Å²) in [6.45, 7) is 6.90. The Kier molecular flexibility index (Phi) is 6.95. The molecule has 0 aliphatic rings. The maximum absolute atomic E-state index is 6.23. The standard InChI is InChI=1S/C23H23ClN4OS2/c1-4-28-21(16(3)29-20-11-6-5-10-19(20)24)26-27-23(28)31-14-18-13-30-22(25-18)17-9-7-8-15(2)12-17/h5-13,16H,4,14H2,1-3H3. The summed E-state index contributed by atoms with van der Waals surface area (Å²) >= 11 is 9.53. The fourth-order valence-corrected chi connectivity index (χ4v) is 5.22. The van der Waals surface area contributed by atoms with Gasteiger partial charge in [-0.2, -0.15) is 0 Å². The molecule has 2 heterocycles. The van der Waals surface area contributed by atoms with Gasteiger partial charge in [-0.05, 0) is 39.0 Å². The minimum atomic E-state index is -0.270. The van der Waals surface area contributed by atoms with Gasteiger partial charge in [-0.25, -0.2) is 4.98 Å². The van der Waals surface area contributed by atoms with E-state index in [1.54, 1.807) is 23.1 Å². The molecule has 4 aromatic rings. The highest BCUT2D eigenvalue weighted by Gasteiger charge is 2.20. The van der Waals surface area contributed by atoms with E-state index >= 15 is 0 Å². The van der Waals surface area contributed by atoms with Gasteiger partial charge in [0, 0.05) is 23.2 Å². The van der Waals surface area contributed by atoms with Crippen LogP contribution in [-0.4, -0.2) is 19.7 Å². The van der Waals surface area contributed by atoms with E-state index in [9.17, 15) is 0 Å². The van der Waals surface area contributed by atoms with E-state index in [0.29, 0.717) is 10.8 Å². The van der Waals surface area contributed by atoms with E-state index in [2.05, 4.69) is 58.3 Å². The largest absolute Gasteiger partial charge is 0.481 e. The van der Waals surface area contributed by atoms with Crippen LogP contribution in [0.25, 0.3) is 10.6 Å². The molecule has 0 bridgehead atoms. The van der Waals surface area contributed by atoms with Crippen LogP contribution in [0.5, 0.6) is 5.75 Å². The summed E-state index contributed by atoms with van der Waals surface area (Å²) in [4.78, 5) is 4.80. The number of hydrogen-bond donors (Lipinski definition) is 0. The van der Waals surface area contributed by atoms with Crippen LogP contribution in [0.1, 0.15) is 37.0 Å². The number of aromatic nitrogens is 4. The smallest absolute Gasteiger partial charge is 0.191 e. The topological polar surface area (TPSA) is 52.8 Å². The van der Waals surface area contributed by atoms with Crippen molar-refractivity contribution in [2.75, 3.05) is 0 Å². The Bertz CT molecular complexity index is 1170. The predicted molar refractivity (Wildman–Crippen MR) is 128 cm³/mol. The molecule has 4 rings (SSSR count). The van der Waals surface area contributed by atoms with Crippen molar-refractivity contribution in [2.45, 2.75) is 44.3 Å². The van der Waals surface area contributed by atoms with E-state index in [1.165, 1.54) is 5.56 Å². The summed E-state index contributed by atoms with van der Waals surface area (Å²) in [5.41, 5.74) is 3.44. The van der Waals surface area contributed by atoms with Crippen molar-refractivity contribution in [1.29, 1.82) is 0 Å². The highest BCUT2D eigenvalue weighted by atomic mass is 35.5. The fraction of sp³-hybridized carbons (Fsp3) is 0.261. The third kappa shape index (κ3) is 5.11. The van der Waals surface area contributed by atoms with E-state index in [0.717, 1.165) is 39.5 Å². The number of hydrogen-bond acceptors (Lipinski definition) is 6. The number of halogens is 1. The lowest BCUT2D eigenvalue weighted by atomic mass is 10.1. The third-order valence-corrected chi connectivity index (χ3v) is 6.98. The number of ether oxygens (including phenoxy) is 1. The van der Waals surface area contributed by atoms with Crippen LogP contribution >= 0.6 is 34.7 Å². The Morgan fingerprint density at radius 2 is 2.00 bits per heavy atom. The first-order chi connectivity index (χ1) is 15.0. The highest BCUT2D eigenvalue weighted by Crippen LogP contribution is 2.31. The third-order valence-electron chi connectivity index (χ3n) is 4.73. The molecule has 0 spiro atoms. The van der Waals surface area contributed by atoms with Crippen molar-refractivity contribution < 1.29 is 4.74 Å². The molecule has 0 aliphatic heterocycles. The molecule has 160 valence electrons. The van der Waals surface area contributed by atoms with E-state index in [1.807, 2.05) is 31.2 Å². The van der Waals surface area contributed by atoms with Gasteiger partial charge in [-0.3, -0.25) is 0 Å². The predicted octanol–water partition coefficient (Wildman–Crippen LogP) is 6.82. The van der Waals surface area contributed by atoms with Crippen LogP contribution < -0.4 is 4.74 Å². The van der Waals surface area contributed by atoms with Crippen molar-refractivity contribution in [2.24, 2.45) is 0 Å². The maximum atomic E-state index is 6.23. The van der Waals surface area contributed by atoms with Gasteiger partial charge < -0.3 is 9.30 Å². The molecule has 2 aromatic heterocycles. The Hall–Kier alpha value is -2.35. The summed E-state index contributed by atoms with van der Waals surface area (Å²) in [6.07, 6.45) is -0.270. The van der Waals surface area contributed by atoms with E-state index < -0.39 is 0 Å². The lowest BCUT2D eigenvalue weighted by Crippen LogP contribution is -2.12. The molecule has 8 heteroatoms. The minimum absolute atomic E-state index is 0.270. The van der Waals surface area contributed by atoms with Crippen LogP contribution in [0.4, 0.5) is 0 Å². The molecule has 0 radical (unpaired) electrons. The average molecular weight is 471 g/mol. The van der Waals surface area contributed by atoms with Gasteiger partial charge >= 0.3 is 0 Å². The first-order valence-electron chi connectivity index (χ1n) is 10.0. The summed E-state index contributed by atoms with van der Waals surface area (Å²) in [5.74, 6) is 2.16. The van der Waals surface area contributed by atoms with Gasteiger partial charge in [-0.15, -0.1) is 21.5 Å². The second-order valence-corrected chi connectivity index (χ2v) is 9.29. The van der Waals surface area contributed by atoms with Crippen molar-refractivity contribution in [3.63, 3.8) is 0 Å². The Morgan fingerprint density at radius 3 is 2.77 bits per heavy atom. The molecule has 0 fully saturated rings. The summed E-state index contributed by atoms with van der Waals surface area (Å²) in [5, 5.41) is 13.4. The van der Waals surface area contributed by atoms with Crippen molar-refractivity contribution in [3.8, 4) is 16.3 Å². The zero-order valence-corrected chi connectivity index (χ0v) is 20.0. The highest BCUT2D eigenvalue weighted by molar-refractivity contribution is 7.98. The first-order valence-corrected chi connectivity index (χ1v) is 12.3. The van der Waals surface area contributed by atoms with Crippen LogP contribution in [0.15, 0.2) is 59.1 Å². The van der Waals surface area contributed by atoms with Crippen LogP contribution in [0.2, 0.25) is 5.02 Å². The fourth-order valence-electron chi connectivity index (χ4n) is 3.21. The van der Waals surface area contributed by atoms with Crippen molar-refractivity contribution >= 4 is 34.7 Å². The molecular weight excluding hydrogens is 448 g/mol. The molecule has 5 nitrogen and oxygen atoms in total. The molecule has 0 N–H and O–H groups in total. The van der Waals surface area contributed by atoms with Gasteiger partial charge in [0.25, 0.3) is 0 Å². The molecule has 0 amide bonds. The van der Waals surface area contributed by atoms with Crippen molar-refractivity contribution in [1.82, 2.24) is 19.7 Å². The monoisotopic (exact) mass is 470 g/mol. The van der Waals surface area contributed by atoms with Gasteiger partial charge in [0.1, 0.15) is 10.8 Å². The van der Waals surface area contributed by atoms with Gasteiger partial charge in [0.05, 0.1) is 10.7 Å². The van der Waals surface area contributed by atoms with E-state index in [4.69, 9.17) is 21.3 Å². The second-order valence-electron chi connectivity index (χ2n) is 7.08. The number of para-hydroxylation sites is 1. The lowest BCUT2D eigenvalue weighted by Gasteiger charge is -2.16. The van der Waals surface area contributed by atoms with Crippen molar-refractivity contribution in [3.05, 3.63) is 76.0 Å². The second kappa shape index (κ2) is 9.85. The zero-order valence-electron chi connectivity index (χ0n) is 17.6. The SMILES string of the molecule is CCn1c(SCc2csc(-c3cccc(C)c3)n2)nnc1C(C)Oc1ccccc1Cl. The van der Waals surface area contributed by atoms with E-state index in [-0.39, 0.29) is 6.10 Å². The Morgan fingerprint density at radius 1 is 1.16 bits per heavy atom. The summed E-state index contributed by atoms with van der Waals surface area (Å²) in [6, 6.07) is 15.9. The number of aryl methyl sites for hydroxylation is 1. The number of thioether (sulfide) groups is 1. The molecule has 0 saturated heterocycles. The van der Waals surface area contributed by atoms with Gasteiger partial charge in [-0.1, -0.05) is 59.3 Å². The van der Waals surface area contributed by atoms with Crippen LogP contribution in [-0.2, 0) is 12.3 Å². The molecule has 0 aliphatic carbocycles. The number of nitrogens with zero attached hydrogens (tertiary/aromatic N) is 4. The quantitative estimate of drug-likeness (QED) is 0.264. The lowest BCUT2D eigenvalue weighted by molar-refractivity contribution is 0.210. The molecule has 31 heavy (non-hydrogen) atoms. The Labute approximate surface area is 195 Å². The number of benzene rings is 2.